The molecule has 0 aromatic heterocycles. The highest BCUT2D eigenvalue weighted by atomic mass is 16.6. The maximum absolute atomic E-state index is 12.5. The summed E-state index contributed by atoms with van der Waals surface area (Å²) in [5.41, 5.74) is 1.15. The molecule has 0 bridgehead atoms. The third kappa shape index (κ3) is 7.25. The minimum absolute atomic E-state index is 0.00473. The molecule has 29 heavy (non-hydrogen) atoms. The molecule has 0 spiro atoms. The van der Waals surface area contributed by atoms with Crippen LogP contribution in [-0.4, -0.2) is 30.0 Å². The number of nitro benzene ring substituents is 1. The highest BCUT2D eigenvalue weighted by Gasteiger charge is 2.19. The molecule has 1 amide bonds. The highest BCUT2D eigenvalue weighted by molar-refractivity contribution is 5.97. The van der Waals surface area contributed by atoms with Crippen LogP contribution in [0.2, 0.25) is 0 Å². The first-order chi connectivity index (χ1) is 13.9. The third-order valence-corrected chi connectivity index (χ3v) is 4.14. The number of hydrogen-bond acceptors (Lipinski definition) is 6. The largest absolute Gasteiger partial charge is 0.452 e. The fourth-order valence-electron chi connectivity index (χ4n) is 2.52. The molecule has 8 heteroatoms. The number of benzene rings is 2. The molecule has 8 nitrogen and oxygen atoms in total. The second-order valence-corrected chi connectivity index (χ2v) is 6.93. The smallest absolute Gasteiger partial charge is 0.341 e. The number of nitrogens with zero attached hydrogens (tertiary/aromatic N) is 1. The van der Waals surface area contributed by atoms with Crippen LogP contribution in [0.15, 0.2) is 48.5 Å². The maximum atomic E-state index is 12.5. The van der Waals surface area contributed by atoms with E-state index in [1.807, 2.05) is 44.2 Å². The van der Waals surface area contributed by atoms with Crippen LogP contribution < -0.4 is 10.6 Å². The second-order valence-electron chi connectivity index (χ2n) is 6.93. The van der Waals surface area contributed by atoms with Gasteiger partial charge in [-0.2, -0.15) is 0 Å². The second kappa shape index (κ2) is 10.8. The predicted octanol–water partition coefficient (Wildman–Crippen LogP) is 3.53. The number of amides is 1. The van der Waals surface area contributed by atoms with E-state index in [-0.39, 0.29) is 11.3 Å². The molecule has 2 aromatic carbocycles. The Kier molecular flexibility index (Phi) is 8.14. The summed E-state index contributed by atoms with van der Waals surface area (Å²) in [5.74, 6) is -0.771. The van der Waals surface area contributed by atoms with Gasteiger partial charge in [-0.1, -0.05) is 44.2 Å². The Balaban J connectivity index is 2.05. The van der Waals surface area contributed by atoms with E-state index in [1.54, 1.807) is 0 Å². The Morgan fingerprint density at radius 3 is 2.52 bits per heavy atom. The van der Waals surface area contributed by atoms with Crippen LogP contribution in [0.3, 0.4) is 0 Å². The summed E-state index contributed by atoms with van der Waals surface area (Å²) >= 11 is 0. The van der Waals surface area contributed by atoms with Gasteiger partial charge >= 0.3 is 5.97 Å². The summed E-state index contributed by atoms with van der Waals surface area (Å²) in [5, 5.41) is 16.8. The van der Waals surface area contributed by atoms with E-state index in [0.717, 1.165) is 18.1 Å². The van der Waals surface area contributed by atoms with Crippen molar-refractivity contribution in [2.24, 2.45) is 5.92 Å². The number of carbonyl (C=O) groups is 2. The van der Waals surface area contributed by atoms with Gasteiger partial charge in [-0.3, -0.25) is 14.9 Å². The van der Waals surface area contributed by atoms with Crippen LogP contribution in [0.1, 0.15) is 36.2 Å². The number of esters is 1. The Morgan fingerprint density at radius 2 is 1.86 bits per heavy atom. The summed E-state index contributed by atoms with van der Waals surface area (Å²) in [6.07, 6.45) is 0.818. The van der Waals surface area contributed by atoms with E-state index < -0.39 is 23.4 Å². The van der Waals surface area contributed by atoms with Gasteiger partial charge in [0.1, 0.15) is 0 Å². The zero-order valence-corrected chi connectivity index (χ0v) is 16.5. The standard InChI is InChI=1S/C21H25N3O5/c1-15(2)10-11-22-20(25)14-29-21(26)18-12-17(24(27)28)8-9-19(18)23-13-16-6-4-3-5-7-16/h3-9,12,15,23H,10-11,13-14H2,1-2H3,(H,22,25). The SMILES string of the molecule is CC(C)CCNC(=O)COC(=O)c1cc([N+](=O)[O-])ccc1NCc1ccccc1. The van der Waals surface area contributed by atoms with Crippen LogP contribution in [0.25, 0.3) is 0 Å². The summed E-state index contributed by atoms with van der Waals surface area (Å²) in [6.45, 7) is 4.55. The Labute approximate surface area is 169 Å². The number of non-ortho nitro benzene ring substituents is 1. The molecule has 0 fully saturated rings. The third-order valence-electron chi connectivity index (χ3n) is 4.14. The molecule has 0 heterocycles. The lowest BCUT2D eigenvalue weighted by Gasteiger charge is -2.12. The lowest BCUT2D eigenvalue weighted by Crippen LogP contribution is -2.30. The zero-order chi connectivity index (χ0) is 21.2. The van der Waals surface area contributed by atoms with Gasteiger partial charge in [0.15, 0.2) is 6.61 Å². The number of nitro groups is 1. The molecular weight excluding hydrogens is 374 g/mol. The molecule has 0 aliphatic rings. The highest BCUT2D eigenvalue weighted by Crippen LogP contribution is 2.23. The van der Waals surface area contributed by atoms with Crippen molar-refractivity contribution in [3.8, 4) is 0 Å². The minimum Gasteiger partial charge on any atom is -0.452 e. The normalized spacial score (nSPS) is 10.4. The topological polar surface area (TPSA) is 111 Å². The van der Waals surface area contributed by atoms with Crippen molar-refractivity contribution in [3.63, 3.8) is 0 Å². The first kappa shape index (κ1) is 21.9. The van der Waals surface area contributed by atoms with E-state index in [2.05, 4.69) is 10.6 Å². The minimum atomic E-state index is -0.803. The molecule has 0 unspecified atom stereocenters. The lowest BCUT2D eigenvalue weighted by molar-refractivity contribution is -0.384. The van der Waals surface area contributed by atoms with Crippen molar-refractivity contribution >= 4 is 23.3 Å². The summed E-state index contributed by atoms with van der Waals surface area (Å²) in [7, 11) is 0. The molecule has 0 atom stereocenters. The molecule has 0 saturated carbocycles. The molecule has 0 aliphatic carbocycles. The molecular formula is C21H25N3O5. The summed E-state index contributed by atoms with van der Waals surface area (Å²) in [4.78, 5) is 34.8. The number of anilines is 1. The molecule has 0 saturated heterocycles. The molecule has 0 aliphatic heterocycles. The number of hydrogen-bond donors (Lipinski definition) is 2. The predicted molar refractivity (Wildman–Crippen MR) is 110 cm³/mol. The van der Waals surface area contributed by atoms with Crippen LogP contribution in [-0.2, 0) is 16.1 Å². The van der Waals surface area contributed by atoms with Gasteiger partial charge in [0.2, 0.25) is 0 Å². The quantitative estimate of drug-likeness (QED) is 0.359. The van der Waals surface area contributed by atoms with Gasteiger partial charge in [0, 0.05) is 30.9 Å². The van der Waals surface area contributed by atoms with Crippen molar-refractivity contribution in [1.82, 2.24) is 5.32 Å². The number of rotatable bonds is 10. The van der Waals surface area contributed by atoms with Gasteiger partial charge in [-0.15, -0.1) is 0 Å². The van der Waals surface area contributed by atoms with Gasteiger partial charge in [-0.25, -0.2) is 4.79 Å². The van der Waals surface area contributed by atoms with Crippen LogP contribution in [0.5, 0.6) is 0 Å². The van der Waals surface area contributed by atoms with Gasteiger partial charge in [-0.05, 0) is 24.0 Å². The van der Waals surface area contributed by atoms with Crippen molar-refractivity contribution in [2.45, 2.75) is 26.8 Å². The van der Waals surface area contributed by atoms with E-state index in [4.69, 9.17) is 4.74 Å². The Bertz CT molecular complexity index is 853. The molecule has 2 rings (SSSR count). The maximum Gasteiger partial charge on any atom is 0.341 e. The fraction of sp³-hybridized carbons (Fsp3) is 0.333. The van der Waals surface area contributed by atoms with E-state index in [0.29, 0.717) is 24.7 Å². The lowest BCUT2D eigenvalue weighted by atomic mass is 10.1. The molecule has 154 valence electrons. The summed E-state index contributed by atoms with van der Waals surface area (Å²) in [6, 6.07) is 13.4. The van der Waals surface area contributed by atoms with Crippen LogP contribution in [0, 0.1) is 16.0 Å². The number of ether oxygens (including phenoxy) is 1. The first-order valence-electron chi connectivity index (χ1n) is 9.37. The zero-order valence-electron chi connectivity index (χ0n) is 16.5. The Hall–Kier alpha value is -3.42. The average Bonchev–Trinajstić information content (AvgIpc) is 2.70. The average molecular weight is 399 g/mol. The number of nitrogens with one attached hydrogen (secondary N) is 2. The van der Waals surface area contributed by atoms with Crippen LogP contribution in [0.4, 0.5) is 11.4 Å². The molecule has 0 radical (unpaired) electrons. The van der Waals surface area contributed by atoms with E-state index >= 15 is 0 Å². The van der Waals surface area contributed by atoms with Crippen molar-refractivity contribution in [1.29, 1.82) is 0 Å². The van der Waals surface area contributed by atoms with E-state index in [9.17, 15) is 19.7 Å². The fourth-order valence-corrected chi connectivity index (χ4v) is 2.52. The molecule has 2 N–H and O–H groups in total. The van der Waals surface area contributed by atoms with Gasteiger partial charge < -0.3 is 15.4 Å². The van der Waals surface area contributed by atoms with E-state index in [1.165, 1.54) is 12.1 Å². The van der Waals surface area contributed by atoms with Crippen molar-refractivity contribution in [3.05, 3.63) is 69.8 Å². The molecule has 2 aromatic rings. The first-order valence-corrected chi connectivity index (χ1v) is 9.37. The Morgan fingerprint density at radius 1 is 1.14 bits per heavy atom. The monoisotopic (exact) mass is 399 g/mol. The van der Waals surface area contributed by atoms with Crippen LogP contribution >= 0.6 is 0 Å². The van der Waals surface area contributed by atoms with Crippen molar-refractivity contribution in [2.75, 3.05) is 18.5 Å². The van der Waals surface area contributed by atoms with Gasteiger partial charge in [0.25, 0.3) is 11.6 Å². The van der Waals surface area contributed by atoms with Crippen molar-refractivity contribution < 1.29 is 19.2 Å². The van der Waals surface area contributed by atoms with Gasteiger partial charge in [0.05, 0.1) is 10.5 Å². The summed E-state index contributed by atoms with van der Waals surface area (Å²) < 4.78 is 5.06. The number of carbonyl (C=O) groups excluding carboxylic acids is 2.